The molecule has 1 aliphatic heterocycles. The van der Waals surface area contributed by atoms with Crippen LogP contribution in [0.25, 0.3) is 0 Å². The van der Waals surface area contributed by atoms with Crippen molar-refractivity contribution in [2.45, 2.75) is 26.9 Å². The minimum absolute atomic E-state index is 0.0777. The summed E-state index contributed by atoms with van der Waals surface area (Å²) in [6, 6.07) is 17.7. The molecule has 0 atom stereocenters. The molecule has 4 rings (SSSR count). The van der Waals surface area contributed by atoms with Crippen molar-refractivity contribution in [1.82, 2.24) is 10.2 Å². The number of fused-ring (bicyclic) bond motifs is 1. The van der Waals surface area contributed by atoms with Crippen LogP contribution in [0.15, 0.2) is 65.1 Å². The van der Waals surface area contributed by atoms with Crippen molar-refractivity contribution in [3.63, 3.8) is 0 Å². The molecule has 0 unspecified atom stereocenters. The predicted molar refractivity (Wildman–Crippen MR) is 142 cm³/mol. The molecule has 0 bridgehead atoms. The molecular weight excluding hydrogens is 546 g/mol. The van der Waals surface area contributed by atoms with Gasteiger partial charge in [0.05, 0.1) is 16.1 Å². The average Bonchev–Trinajstić information content (AvgIpc) is 2.86. The Labute approximate surface area is 222 Å². The fourth-order valence-corrected chi connectivity index (χ4v) is 4.12. The van der Waals surface area contributed by atoms with Crippen LogP contribution < -0.4 is 15.4 Å². The van der Waals surface area contributed by atoms with Crippen LogP contribution >= 0.6 is 27.5 Å². The van der Waals surface area contributed by atoms with Gasteiger partial charge in [-0.2, -0.15) is 0 Å². The van der Waals surface area contributed by atoms with E-state index in [1.54, 1.807) is 41.3 Å². The van der Waals surface area contributed by atoms with Crippen LogP contribution in [-0.4, -0.2) is 29.4 Å². The summed E-state index contributed by atoms with van der Waals surface area (Å²) in [6.45, 7) is 4.45. The Morgan fingerprint density at radius 2 is 1.78 bits per heavy atom. The van der Waals surface area contributed by atoms with E-state index in [9.17, 15) is 14.4 Å². The van der Waals surface area contributed by atoms with Crippen LogP contribution in [-0.2, 0) is 17.9 Å². The van der Waals surface area contributed by atoms with Crippen molar-refractivity contribution >= 4 is 50.9 Å². The normalized spacial score (nSPS) is 12.7. The Kier molecular flexibility index (Phi) is 7.96. The molecule has 0 aliphatic carbocycles. The number of nitrogens with one attached hydrogen (secondary N) is 2. The summed E-state index contributed by atoms with van der Waals surface area (Å²) < 4.78 is 6.73. The third-order valence-electron chi connectivity index (χ3n) is 5.68. The van der Waals surface area contributed by atoms with Gasteiger partial charge in [-0.15, -0.1) is 0 Å². The topological polar surface area (TPSA) is 87.7 Å². The summed E-state index contributed by atoms with van der Waals surface area (Å²) in [4.78, 5) is 39.6. The van der Waals surface area contributed by atoms with Gasteiger partial charge < -0.3 is 20.3 Å². The van der Waals surface area contributed by atoms with Gasteiger partial charge >= 0.3 is 0 Å². The van der Waals surface area contributed by atoms with Crippen LogP contribution in [0.1, 0.15) is 45.7 Å². The lowest BCUT2D eigenvalue weighted by Gasteiger charge is -2.29. The maximum absolute atomic E-state index is 13.1. The summed E-state index contributed by atoms with van der Waals surface area (Å²) in [7, 11) is 0. The van der Waals surface area contributed by atoms with Crippen LogP contribution in [0.2, 0.25) is 5.02 Å². The van der Waals surface area contributed by atoms with Gasteiger partial charge in [-0.3, -0.25) is 14.4 Å². The summed E-state index contributed by atoms with van der Waals surface area (Å²) in [6.07, 6.45) is 0. The molecule has 0 fully saturated rings. The number of hydrogen-bond donors (Lipinski definition) is 2. The van der Waals surface area contributed by atoms with Gasteiger partial charge in [0, 0.05) is 29.2 Å². The van der Waals surface area contributed by atoms with Gasteiger partial charge in [-0.25, -0.2) is 0 Å². The molecule has 9 heteroatoms. The van der Waals surface area contributed by atoms with Crippen molar-refractivity contribution in [3.8, 4) is 5.75 Å². The van der Waals surface area contributed by atoms with E-state index in [1.165, 1.54) is 0 Å². The van der Waals surface area contributed by atoms with E-state index in [-0.39, 0.29) is 41.6 Å². The first kappa shape index (κ1) is 25.7. The smallest absolute Gasteiger partial charge is 0.260 e. The second kappa shape index (κ2) is 11.1. The lowest BCUT2D eigenvalue weighted by molar-refractivity contribution is -0.124. The zero-order valence-electron chi connectivity index (χ0n) is 19.8. The van der Waals surface area contributed by atoms with E-state index in [0.717, 1.165) is 15.6 Å². The van der Waals surface area contributed by atoms with E-state index >= 15 is 0 Å². The Bertz CT molecular complexity index is 1310. The predicted octanol–water partition coefficient (Wildman–Crippen LogP) is 5.62. The van der Waals surface area contributed by atoms with Crippen molar-refractivity contribution in [1.29, 1.82) is 0 Å². The van der Waals surface area contributed by atoms with Crippen molar-refractivity contribution in [2.24, 2.45) is 5.92 Å². The molecule has 0 saturated carbocycles. The highest BCUT2D eigenvalue weighted by atomic mass is 79.9. The molecule has 0 spiro atoms. The molecule has 1 heterocycles. The Hall–Kier alpha value is -3.36. The second-order valence-electron chi connectivity index (χ2n) is 8.75. The summed E-state index contributed by atoms with van der Waals surface area (Å²) in [5.41, 5.74) is 2.80. The number of hydrogen-bond acceptors (Lipinski definition) is 4. The number of benzene rings is 3. The Balaban J connectivity index is 1.47. The lowest BCUT2D eigenvalue weighted by Crippen LogP contribution is -2.38. The van der Waals surface area contributed by atoms with Crippen LogP contribution in [0.4, 0.5) is 5.69 Å². The number of carbonyl (C=O) groups excluding carboxylic acids is 3. The van der Waals surface area contributed by atoms with E-state index in [0.29, 0.717) is 23.5 Å². The SMILES string of the molecule is CC(C)C(=O)NCc1ccc(Cl)c(C(=O)Nc2ccc3c(c2)C(=O)N(Cc2ccc(Br)cc2)CO3)c1. The lowest BCUT2D eigenvalue weighted by atomic mass is 10.1. The van der Waals surface area contributed by atoms with Crippen molar-refractivity contribution < 1.29 is 19.1 Å². The number of anilines is 1. The van der Waals surface area contributed by atoms with Gasteiger partial charge in [-0.1, -0.05) is 59.6 Å². The second-order valence-corrected chi connectivity index (χ2v) is 10.1. The number of nitrogens with zero attached hydrogens (tertiary/aromatic N) is 1. The number of halogens is 2. The fourth-order valence-electron chi connectivity index (χ4n) is 3.65. The maximum Gasteiger partial charge on any atom is 0.260 e. The summed E-state index contributed by atoms with van der Waals surface area (Å²) in [5, 5.41) is 5.92. The number of rotatable bonds is 7. The minimum Gasteiger partial charge on any atom is -0.472 e. The molecule has 186 valence electrons. The molecular formula is C27H25BrClN3O4. The largest absolute Gasteiger partial charge is 0.472 e. The van der Waals surface area contributed by atoms with Crippen molar-refractivity contribution in [2.75, 3.05) is 12.0 Å². The number of carbonyl (C=O) groups is 3. The molecule has 3 amide bonds. The first-order valence-corrected chi connectivity index (χ1v) is 12.6. The van der Waals surface area contributed by atoms with E-state index in [4.69, 9.17) is 16.3 Å². The molecule has 0 radical (unpaired) electrons. The highest BCUT2D eigenvalue weighted by Crippen LogP contribution is 2.29. The van der Waals surface area contributed by atoms with E-state index < -0.39 is 5.91 Å². The molecule has 1 aliphatic rings. The quantitative estimate of drug-likeness (QED) is 0.386. The average molecular weight is 571 g/mol. The van der Waals surface area contributed by atoms with Gasteiger partial charge in [-0.05, 0) is 53.6 Å². The maximum atomic E-state index is 13.1. The third-order valence-corrected chi connectivity index (χ3v) is 6.54. The Morgan fingerprint density at radius 3 is 2.50 bits per heavy atom. The number of amides is 3. The van der Waals surface area contributed by atoms with Gasteiger partial charge in [0.25, 0.3) is 11.8 Å². The molecule has 3 aromatic carbocycles. The monoisotopic (exact) mass is 569 g/mol. The van der Waals surface area contributed by atoms with Crippen LogP contribution in [0, 0.1) is 5.92 Å². The van der Waals surface area contributed by atoms with Crippen LogP contribution in [0.3, 0.4) is 0 Å². The highest BCUT2D eigenvalue weighted by molar-refractivity contribution is 9.10. The summed E-state index contributed by atoms with van der Waals surface area (Å²) in [5.74, 6) is -0.359. The van der Waals surface area contributed by atoms with Crippen LogP contribution in [0.5, 0.6) is 5.75 Å². The molecule has 0 aromatic heterocycles. The zero-order valence-corrected chi connectivity index (χ0v) is 22.2. The highest BCUT2D eigenvalue weighted by Gasteiger charge is 2.26. The summed E-state index contributed by atoms with van der Waals surface area (Å²) >= 11 is 9.69. The molecule has 3 aromatic rings. The molecule has 2 N–H and O–H groups in total. The third kappa shape index (κ3) is 6.06. The van der Waals surface area contributed by atoms with Gasteiger partial charge in [0.1, 0.15) is 5.75 Å². The van der Waals surface area contributed by atoms with E-state index in [2.05, 4.69) is 26.6 Å². The van der Waals surface area contributed by atoms with E-state index in [1.807, 2.05) is 38.1 Å². The first-order valence-electron chi connectivity index (χ1n) is 11.4. The number of ether oxygens (including phenoxy) is 1. The fraction of sp³-hybridized carbons (Fsp3) is 0.222. The standard InChI is InChI=1S/C27H25BrClN3O4/c1-16(2)25(33)30-13-18-5-9-23(29)21(11-18)26(34)31-20-8-10-24-22(12-20)27(35)32(15-36-24)14-17-3-6-19(28)7-4-17/h3-12,16H,13-15H2,1-2H3,(H,30,33)(H,31,34). The molecule has 0 saturated heterocycles. The van der Waals surface area contributed by atoms with Crippen molar-refractivity contribution in [3.05, 3.63) is 92.4 Å². The zero-order chi connectivity index (χ0) is 25.8. The minimum atomic E-state index is -0.423. The van der Waals surface area contributed by atoms with Gasteiger partial charge in [0.15, 0.2) is 6.73 Å². The van der Waals surface area contributed by atoms with Gasteiger partial charge in [0.2, 0.25) is 5.91 Å². The Morgan fingerprint density at radius 1 is 1.06 bits per heavy atom. The first-order chi connectivity index (χ1) is 17.2. The molecule has 36 heavy (non-hydrogen) atoms. The molecule has 7 nitrogen and oxygen atoms in total.